The van der Waals surface area contributed by atoms with Crippen LogP contribution in [0.15, 0.2) is 262 Å². The highest BCUT2D eigenvalue weighted by Gasteiger charge is 2.21. The monoisotopic (exact) mass is 859 g/mol. The van der Waals surface area contributed by atoms with Crippen LogP contribution in [0.1, 0.15) is 5.56 Å². The first-order valence-electron chi connectivity index (χ1n) is 22.5. The van der Waals surface area contributed by atoms with E-state index in [1.54, 1.807) is 0 Å². The van der Waals surface area contributed by atoms with E-state index in [4.69, 9.17) is 0 Å². The number of nitrogens with zero attached hydrogens (tertiary/aromatic N) is 5. The van der Waals surface area contributed by atoms with Crippen molar-refractivity contribution in [3.05, 3.63) is 267 Å². The van der Waals surface area contributed by atoms with Gasteiger partial charge in [-0.05, 0) is 138 Å². The van der Waals surface area contributed by atoms with Crippen molar-refractivity contribution in [1.82, 2.24) is 9.97 Å². The summed E-state index contributed by atoms with van der Waals surface area (Å²) in [5, 5.41) is 4.70. The molecule has 0 saturated carbocycles. The van der Waals surface area contributed by atoms with Gasteiger partial charge in [-0.3, -0.25) is 9.97 Å². The molecule has 5 heteroatoms. The van der Waals surface area contributed by atoms with Crippen LogP contribution in [0.4, 0.5) is 51.2 Å². The van der Waals surface area contributed by atoms with E-state index in [-0.39, 0.29) is 0 Å². The zero-order chi connectivity index (χ0) is 44.9. The minimum Gasteiger partial charge on any atom is -0.311 e. The first kappa shape index (κ1) is 40.7. The highest BCUT2D eigenvalue weighted by Crippen LogP contribution is 2.44. The molecule has 0 bridgehead atoms. The molecule has 11 aromatic rings. The van der Waals surface area contributed by atoms with E-state index in [1.807, 2.05) is 42.7 Å². The molecule has 0 aliphatic heterocycles. The van der Waals surface area contributed by atoms with Gasteiger partial charge in [-0.15, -0.1) is 0 Å². The third-order valence-electron chi connectivity index (χ3n) is 12.3. The lowest BCUT2D eigenvalue weighted by molar-refractivity contribution is 1.25. The van der Waals surface area contributed by atoms with Crippen LogP contribution in [-0.4, -0.2) is 9.97 Å². The van der Waals surface area contributed by atoms with Crippen molar-refractivity contribution in [1.29, 1.82) is 0 Å². The van der Waals surface area contributed by atoms with Crippen LogP contribution in [0.25, 0.3) is 50.1 Å². The summed E-state index contributed by atoms with van der Waals surface area (Å²) in [7, 11) is 0. The molecule has 0 N–H and O–H groups in total. The second-order valence-electron chi connectivity index (χ2n) is 16.4. The second-order valence-corrected chi connectivity index (χ2v) is 16.4. The van der Waals surface area contributed by atoms with Crippen molar-refractivity contribution in [3.8, 4) is 22.5 Å². The number of benzene rings is 9. The van der Waals surface area contributed by atoms with Gasteiger partial charge in [0.05, 0.1) is 22.8 Å². The second kappa shape index (κ2) is 18.2. The lowest BCUT2D eigenvalue weighted by Gasteiger charge is -2.30. The van der Waals surface area contributed by atoms with Gasteiger partial charge in [-0.1, -0.05) is 134 Å². The number of hydrogen-bond acceptors (Lipinski definition) is 5. The van der Waals surface area contributed by atoms with Gasteiger partial charge < -0.3 is 14.7 Å². The van der Waals surface area contributed by atoms with Crippen molar-refractivity contribution in [3.63, 3.8) is 0 Å². The van der Waals surface area contributed by atoms with Gasteiger partial charge >= 0.3 is 0 Å². The van der Waals surface area contributed by atoms with E-state index in [9.17, 15) is 0 Å². The van der Waals surface area contributed by atoms with E-state index in [2.05, 4.69) is 250 Å². The van der Waals surface area contributed by atoms with Crippen LogP contribution in [0.5, 0.6) is 0 Å². The predicted molar refractivity (Wildman–Crippen MR) is 282 cm³/mol. The maximum absolute atomic E-state index is 4.68. The molecule has 11 rings (SSSR count). The van der Waals surface area contributed by atoms with Crippen LogP contribution in [0.3, 0.4) is 0 Å². The lowest BCUT2D eigenvalue weighted by Crippen LogP contribution is -2.13. The van der Waals surface area contributed by atoms with Crippen LogP contribution in [0.2, 0.25) is 0 Å². The summed E-state index contributed by atoms with van der Waals surface area (Å²) in [5.74, 6) is 0. The fourth-order valence-corrected chi connectivity index (χ4v) is 9.05. The van der Waals surface area contributed by atoms with E-state index in [0.717, 1.165) is 79.3 Å². The predicted octanol–water partition coefficient (Wildman–Crippen LogP) is 17.2. The SMILES string of the molecule is C=Cc1ccc(N(c2ccc(N(c3cccc(-c4ccccn4)c3)c3cccc4ccccc34)cc2)c2ccc(N(c3cccc(-c4ccccn4)c3)c3cccc4ccccc34)cc2)cc1. The Morgan fingerprint density at radius 2 is 0.687 bits per heavy atom. The summed E-state index contributed by atoms with van der Waals surface area (Å²) in [6.07, 6.45) is 5.57. The maximum Gasteiger partial charge on any atom is 0.0702 e. The molecule has 67 heavy (non-hydrogen) atoms. The average molecular weight is 860 g/mol. The molecule has 318 valence electrons. The molecular formula is C62H45N5. The highest BCUT2D eigenvalue weighted by molar-refractivity contribution is 6.01. The van der Waals surface area contributed by atoms with E-state index < -0.39 is 0 Å². The normalized spacial score (nSPS) is 11.0. The fourth-order valence-electron chi connectivity index (χ4n) is 9.05. The van der Waals surface area contributed by atoms with Crippen LogP contribution in [-0.2, 0) is 0 Å². The largest absolute Gasteiger partial charge is 0.311 e. The van der Waals surface area contributed by atoms with Gasteiger partial charge in [0.25, 0.3) is 0 Å². The molecule has 0 fully saturated rings. The minimum atomic E-state index is 0.931. The first-order chi connectivity index (χ1) is 33.2. The third-order valence-corrected chi connectivity index (χ3v) is 12.3. The fraction of sp³-hybridized carbons (Fsp3) is 0. The summed E-state index contributed by atoms with van der Waals surface area (Å²) >= 11 is 0. The van der Waals surface area contributed by atoms with Crippen LogP contribution < -0.4 is 14.7 Å². The minimum absolute atomic E-state index is 0.931. The van der Waals surface area contributed by atoms with Gasteiger partial charge in [0.15, 0.2) is 0 Å². The maximum atomic E-state index is 4.68. The van der Waals surface area contributed by atoms with Crippen LogP contribution in [0, 0.1) is 0 Å². The molecule has 9 aromatic carbocycles. The lowest BCUT2D eigenvalue weighted by atomic mass is 10.0. The summed E-state index contributed by atoms with van der Waals surface area (Å²) in [5.41, 5.74) is 14.5. The van der Waals surface area contributed by atoms with E-state index in [0.29, 0.717) is 0 Å². The van der Waals surface area contributed by atoms with Crippen molar-refractivity contribution in [2.24, 2.45) is 0 Å². The molecule has 0 unspecified atom stereocenters. The molecule has 0 aliphatic rings. The molecule has 2 aromatic heterocycles. The number of fused-ring (bicyclic) bond motifs is 2. The Bertz CT molecular complexity index is 3260. The molecule has 0 atom stereocenters. The summed E-state index contributed by atoms with van der Waals surface area (Å²) in [6, 6.07) is 85.9. The summed E-state index contributed by atoms with van der Waals surface area (Å²) < 4.78 is 0. The Kier molecular flexibility index (Phi) is 11.1. The number of pyridine rings is 2. The Balaban J connectivity index is 1.02. The molecule has 2 heterocycles. The number of aromatic nitrogens is 2. The zero-order valence-electron chi connectivity index (χ0n) is 36.8. The Labute approximate surface area is 391 Å². The quantitative estimate of drug-likeness (QED) is 0.122. The third kappa shape index (κ3) is 8.18. The van der Waals surface area contributed by atoms with Crippen molar-refractivity contribution in [2.45, 2.75) is 0 Å². The Morgan fingerprint density at radius 1 is 0.313 bits per heavy atom. The number of rotatable bonds is 12. The smallest absolute Gasteiger partial charge is 0.0702 e. The molecule has 0 spiro atoms. The first-order valence-corrected chi connectivity index (χ1v) is 22.5. The van der Waals surface area contributed by atoms with E-state index in [1.165, 1.54) is 21.5 Å². The topological polar surface area (TPSA) is 35.5 Å². The standard InChI is InChI=1S/C62H45N5/c1-2-45-29-31-50(32-30-45)65(51-33-37-53(38-34-51)66(61-27-13-17-46-15-3-5-23-57(46)61)55-21-11-19-48(43-55)59-25-7-9-41-63-59)52-35-39-54(40-36-52)67(62-28-14-18-47-16-4-6-24-58(47)62)56-22-12-20-49(44-56)60-26-8-10-42-64-60/h2-44H,1H2. The van der Waals surface area contributed by atoms with Crippen molar-refractivity contribution in [2.75, 3.05) is 14.7 Å². The van der Waals surface area contributed by atoms with Gasteiger partial charge in [0.1, 0.15) is 0 Å². The van der Waals surface area contributed by atoms with Gasteiger partial charge in [0, 0.05) is 74.1 Å². The molecule has 0 radical (unpaired) electrons. The highest BCUT2D eigenvalue weighted by atomic mass is 15.2. The van der Waals surface area contributed by atoms with Gasteiger partial charge in [-0.2, -0.15) is 0 Å². The summed E-state index contributed by atoms with van der Waals surface area (Å²) in [4.78, 5) is 16.4. The molecule has 5 nitrogen and oxygen atoms in total. The average Bonchev–Trinajstić information content (AvgIpc) is 3.41. The molecule has 0 aliphatic carbocycles. The number of anilines is 9. The molecule has 0 saturated heterocycles. The number of hydrogen-bond donors (Lipinski definition) is 0. The Hall–Kier alpha value is -9.06. The zero-order valence-corrected chi connectivity index (χ0v) is 36.8. The van der Waals surface area contributed by atoms with Crippen LogP contribution >= 0.6 is 0 Å². The van der Waals surface area contributed by atoms with Crippen molar-refractivity contribution < 1.29 is 0 Å². The molecular weight excluding hydrogens is 815 g/mol. The molecule has 0 amide bonds. The van der Waals surface area contributed by atoms with Crippen molar-refractivity contribution >= 4 is 78.8 Å². The summed E-state index contributed by atoms with van der Waals surface area (Å²) in [6.45, 7) is 4.03. The van der Waals surface area contributed by atoms with Gasteiger partial charge in [0.2, 0.25) is 0 Å². The van der Waals surface area contributed by atoms with E-state index >= 15 is 0 Å². The Morgan fingerprint density at radius 3 is 1.10 bits per heavy atom. The van der Waals surface area contributed by atoms with Gasteiger partial charge in [-0.25, -0.2) is 0 Å².